The molecule has 0 aliphatic carbocycles. The minimum Gasteiger partial charge on any atom is -0.370 e. The molecule has 1 saturated heterocycles. The van der Waals surface area contributed by atoms with Gasteiger partial charge in [0.15, 0.2) is 11.5 Å². The van der Waals surface area contributed by atoms with Crippen molar-refractivity contribution >= 4 is 28.4 Å². The van der Waals surface area contributed by atoms with Crippen LogP contribution in [0.2, 0.25) is 0 Å². The van der Waals surface area contributed by atoms with Gasteiger partial charge in [-0.25, -0.2) is 13.9 Å². The zero-order valence-corrected chi connectivity index (χ0v) is 18.4. The number of aromatic nitrogens is 4. The van der Waals surface area contributed by atoms with Crippen molar-refractivity contribution in [1.82, 2.24) is 24.3 Å². The van der Waals surface area contributed by atoms with Crippen molar-refractivity contribution in [2.75, 3.05) is 30.4 Å². The summed E-state index contributed by atoms with van der Waals surface area (Å²) in [6.07, 6.45) is 5.51. The number of amides is 1. The van der Waals surface area contributed by atoms with Gasteiger partial charge in [-0.1, -0.05) is 0 Å². The molecule has 4 aromatic rings. The van der Waals surface area contributed by atoms with Gasteiger partial charge < -0.3 is 19.9 Å². The smallest absolute Gasteiger partial charge is 0.274 e. The van der Waals surface area contributed by atoms with Crippen LogP contribution in [0.4, 0.5) is 15.8 Å². The van der Waals surface area contributed by atoms with Gasteiger partial charge in [-0.2, -0.15) is 5.10 Å². The first-order valence-electron chi connectivity index (χ1n) is 10.8. The summed E-state index contributed by atoms with van der Waals surface area (Å²) in [4.78, 5) is 19.6. The molecule has 8 nitrogen and oxygen atoms in total. The summed E-state index contributed by atoms with van der Waals surface area (Å²) in [5.41, 5.74) is 4.48. The van der Waals surface area contributed by atoms with E-state index in [2.05, 4.69) is 25.6 Å². The predicted octanol–water partition coefficient (Wildman–Crippen LogP) is 3.18. The maximum atomic E-state index is 14.4. The Bertz CT molecular complexity index is 1320. The van der Waals surface area contributed by atoms with Crippen LogP contribution in [-0.4, -0.2) is 51.1 Å². The number of rotatable bonds is 4. The lowest BCUT2D eigenvalue weighted by molar-refractivity contribution is 0.102. The molecule has 0 saturated carbocycles. The van der Waals surface area contributed by atoms with Crippen LogP contribution < -0.4 is 15.5 Å². The molecule has 0 radical (unpaired) electrons. The van der Waals surface area contributed by atoms with E-state index in [1.807, 2.05) is 26.1 Å². The van der Waals surface area contributed by atoms with E-state index in [1.54, 1.807) is 34.3 Å². The highest BCUT2D eigenvalue weighted by Gasteiger charge is 2.22. The number of carbonyl (C=O) groups is 1. The SMILES string of the molecule is CNC1CCN(c2ccc(C(=O)Nc3cc(F)c4nc(C)cn4c3)n3nc(C)cc23)CC1. The van der Waals surface area contributed by atoms with Crippen molar-refractivity contribution in [3.05, 3.63) is 59.6 Å². The highest BCUT2D eigenvalue weighted by molar-refractivity contribution is 6.04. The van der Waals surface area contributed by atoms with E-state index in [0.717, 1.165) is 42.8 Å². The Morgan fingerprint density at radius 2 is 1.91 bits per heavy atom. The van der Waals surface area contributed by atoms with Crippen molar-refractivity contribution in [3.63, 3.8) is 0 Å². The largest absolute Gasteiger partial charge is 0.370 e. The third-order valence-corrected chi connectivity index (χ3v) is 6.08. The summed E-state index contributed by atoms with van der Waals surface area (Å²) < 4.78 is 17.7. The number of carbonyl (C=O) groups excluding carboxylic acids is 1. The Labute approximate surface area is 185 Å². The number of imidazole rings is 1. The summed E-state index contributed by atoms with van der Waals surface area (Å²) >= 11 is 0. The molecule has 1 aliphatic rings. The van der Waals surface area contributed by atoms with Crippen LogP contribution in [0.5, 0.6) is 0 Å². The number of hydrogen-bond acceptors (Lipinski definition) is 5. The number of nitrogens with zero attached hydrogens (tertiary/aromatic N) is 5. The fraction of sp³-hybridized carbons (Fsp3) is 0.348. The van der Waals surface area contributed by atoms with Crippen LogP contribution in [0.25, 0.3) is 11.2 Å². The number of piperidine rings is 1. The van der Waals surface area contributed by atoms with Crippen molar-refractivity contribution < 1.29 is 9.18 Å². The second-order valence-electron chi connectivity index (χ2n) is 8.38. The van der Waals surface area contributed by atoms with Gasteiger partial charge in [-0.05, 0) is 51.9 Å². The van der Waals surface area contributed by atoms with Gasteiger partial charge in [0.05, 0.1) is 28.3 Å². The van der Waals surface area contributed by atoms with E-state index in [9.17, 15) is 9.18 Å². The molecule has 0 atom stereocenters. The lowest BCUT2D eigenvalue weighted by Gasteiger charge is -2.33. The highest BCUT2D eigenvalue weighted by Crippen LogP contribution is 2.27. The molecular weight excluding hydrogens is 409 g/mol. The van der Waals surface area contributed by atoms with Crippen molar-refractivity contribution in [2.24, 2.45) is 0 Å². The van der Waals surface area contributed by atoms with Gasteiger partial charge in [0.25, 0.3) is 5.91 Å². The molecule has 5 heterocycles. The van der Waals surface area contributed by atoms with Crippen molar-refractivity contribution in [3.8, 4) is 0 Å². The van der Waals surface area contributed by atoms with Crippen molar-refractivity contribution in [1.29, 1.82) is 0 Å². The minimum atomic E-state index is -0.490. The quantitative estimate of drug-likeness (QED) is 0.515. The zero-order valence-electron chi connectivity index (χ0n) is 18.4. The van der Waals surface area contributed by atoms with Crippen LogP contribution in [0.3, 0.4) is 0 Å². The Kier molecular flexibility index (Phi) is 5.05. The van der Waals surface area contributed by atoms with Gasteiger partial charge in [0, 0.05) is 37.6 Å². The van der Waals surface area contributed by atoms with E-state index in [-0.39, 0.29) is 11.6 Å². The first-order valence-corrected chi connectivity index (χ1v) is 10.8. The molecule has 2 N–H and O–H groups in total. The molecule has 32 heavy (non-hydrogen) atoms. The third-order valence-electron chi connectivity index (χ3n) is 6.08. The van der Waals surface area contributed by atoms with E-state index >= 15 is 0 Å². The van der Waals surface area contributed by atoms with Gasteiger partial charge in [0.1, 0.15) is 5.69 Å². The topological polar surface area (TPSA) is 79.0 Å². The molecule has 1 fully saturated rings. The molecule has 0 aromatic carbocycles. The normalized spacial score (nSPS) is 15.1. The first-order chi connectivity index (χ1) is 15.4. The highest BCUT2D eigenvalue weighted by atomic mass is 19.1. The second kappa shape index (κ2) is 7.90. The van der Waals surface area contributed by atoms with Gasteiger partial charge in [0.2, 0.25) is 0 Å². The Hall–Kier alpha value is -3.46. The average molecular weight is 436 g/mol. The standard InChI is InChI=1S/C23H26FN7O/c1-14-10-21-19(29-8-6-16(25-3)7-9-29)4-5-20(31(21)28-14)23(32)27-17-11-18(24)22-26-15(2)12-30(22)13-17/h4-5,10-13,16,25H,6-9H2,1-3H3,(H,27,32). The summed E-state index contributed by atoms with van der Waals surface area (Å²) in [7, 11) is 2.00. The number of nitrogens with one attached hydrogen (secondary N) is 2. The van der Waals surface area contributed by atoms with Crippen LogP contribution in [0, 0.1) is 19.7 Å². The summed E-state index contributed by atoms with van der Waals surface area (Å²) in [6.45, 7) is 5.60. The fourth-order valence-corrected chi connectivity index (χ4v) is 4.47. The number of anilines is 2. The number of aryl methyl sites for hydroxylation is 2. The predicted molar refractivity (Wildman–Crippen MR) is 122 cm³/mol. The molecule has 1 aliphatic heterocycles. The number of halogens is 1. The van der Waals surface area contributed by atoms with Crippen LogP contribution in [-0.2, 0) is 0 Å². The summed E-state index contributed by atoms with van der Waals surface area (Å²) in [6, 6.07) is 7.58. The Morgan fingerprint density at radius 1 is 1.12 bits per heavy atom. The van der Waals surface area contributed by atoms with Crippen LogP contribution in [0.1, 0.15) is 34.7 Å². The minimum absolute atomic E-state index is 0.233. The lowest BCUT2D eigenvalue weighted by Crippen LogP contribution is -2.41. The average Bonchev–Trinajstić information content (AvgIpc) is 3.34. The molecule has 1 amide bonds. The zero-order chi connectivity index (χ0) is 22.4. The van der Waals surface area contributed by atoms with Crippen LogP contribution >= 0.6 is 0 Å². The van der Waals surface area contributed by atoms with Crippen molar-refractivity contribution in [2.45, 2.75) is 32.7 Å². The van der Waals surface area contributed by atoms with E-state index in [0.29, 0.717) is 23.1 Å². The maximum Gasteiger partial charge on any atom is 0.274 e. The fourth-order valence-electron chi connectivity index (χ4n) is 4.47. The van der Waals surface area contributed by atoms with Crippen LogP contribution in [0.15, 0.2) is 36.7 Å². The van der Waals surface area contributed by atoms with Gasteiger partial charge in [-0.15, -0.1) is 0 Å². The third kappa shape index (κ3) is 3.58. The number of pyridine rings is 2. The molecule has 0 spiro atoms. The van der Waals surface area contributed by atoms with E-state index in [4.69, 9.17) is 0 Å². The summed E-state index contributed by atoms with van der Waals surface area (Å²) in [5.74, 6) is -0.842. The molecule has 0 unspecified atom stereocenters. The van der Waals surface area contributed by atoms with E-state index in [1.165, 1.54) is 6.07 Å². The monoisotopic (exact) mass is 435 g/mol. The lowest BCUT2D eigenvalue weighted by atomic mass is 10.0. The van der Waals surface area contributed by atoms with Gasteiger partial charge in [-0.3, -0.25) is 4.79 Å². The summed E-state index contributed by atoms with van der Waals surface area (Å²) in [5, 5.41) is 10.7. The second-order valence-corrected chi connectivity index (χ2v) is 8.38. The number of hydrogen-bond donors (Lipinski definition) is 2. The molecule has 9 heteroatoms. The molecule has 166 valence electrons. The number of fused-ring (bicyclic) bond motifs is 2. The molecular formula is C23H26FN7O. The Morgan fingerprint density at radius 3 is 2.66 bits per heavy atom. The molecule has 5 rings (SSSR count). The Balaban J connectivity index is 1.46. The first kappa shape index (κ1) is 20.4. The van der Waals surface area contributed by atoms with Gasteiger partial charge >= 0.3 is 0 Å². The maximum absolute atomic E-state index is 14.4. The molecule has 0 bridgehead atoms. The molecule has 4 aromatic heterocycles. The van der Waals surface area contributed by atoms with E-state index < -0.39 is 5.82 Å².